The molecule has 64 valence electrons. The molecule has 0 spiro atoms. The van der Waals surface area contributed by atoms with Gasteiger partial charge in [0.15, 0.2) is 0 Å². The molecule has 0 atom stereocenters. The van der Waals surface area contributed by atoms with Crippen LogP contribution >= 0.6 is 0 Å². The molecule has 12 heavy (non-hydrogen) atoms. The van der Waals surface area contributed by atoms with E-state index in [1.54, 1.807) is 0 Å². The van der Waals surface area contributed by atoms with Crippen LogP contribution in [-0.4, -0.2) is 6.29 Å². The van der Waals surface area contributed by atoms with Gasteiger partial charge < -0.3 is 4.79 Å². The third kappa shape index (κ3) is 1.94. The number of carbonyl (C=O) groups is 1. The van der Waals surface area contributed by atoms with Crippen LogP contribution < -0.4 is 0 Å². The summed E-state index contributed by atoms with van der Waals surface area (Å²) < 4.78 is 0. The zero-order valence-corrected chi connectivity index (χ0v) is 7.63. The van der Waals surface area contributed by atoms with Gasteiger partial charge in [0.25, 0.3) is 0 Å². The Morgan fingerprint density at radius 2 is 2.17 bits per heavy atom. The van der Waals surface area contributed by atoms with Crippen molar-refractivity contribution in [2.75, 3.05) is 0 Å². The fourth-order valence-corrected chi connectivity index (χ4v) is 1.30. The lowest BCUT2D eigenvalue weighted by atomic mass is 10.0. The van der Waals surface area contributed by atoms with Crippen molar-refractivity contribution in [1.82, 2.24) is 0 Å². The molecule has 0 radical (unpaired) electrons. The molecule has 1 heteroatoms. The second kappa shape index (κ2) is 4.05. The molecule has 0 aliphatic heterocycles. The van der Waals surface area contributed by atoms with Gasteiger partial charge >= 0.3 is 0 Å². The molecule has 0 N–H and O–H groups in total. The number of benzene rings is 1. The summed E-state index contributed by atoms with van der Waals surface area (Å²) in [5, 5.41) is 0. The summed E-state index contributed by atoms with van der Waals surface area (Å²) in [5.74, 6) is 0. The number of aldehydes is 1. The Hall–Kier alpha value is -1.11. The lowest BCUT2D eigenvalue weighted by Gasteiger charge is -2.03. The molecule has 0 amide bonds. The fourth-order valence-electron chi connectivity index (χ4n) is 1.30. The molecule has 0 aliphatic rings. The van der Waals surface area contributed by atoms with Gasteiger partial charge in [-0.2, -0.15) is 0 Å². The molecule has 0 saturated carbocycles. The monoisotopic (exact) mass is 162 g/mol. The summed E-state index contributed by atoms with van der Waals surface area (Å²) >= 11 is 0. The lowest BCUT2D eigenvalue weighted by Crippen LogP contribution is -1.92. The molecule has 1 nitrogen and oxygen atoms in total. The number of hydrogen-bond donors (Lipinski definition) is 0. The van der Waals surface area contributed by atoms with Crippen LogP contribution in [-0.2, 0) is 17.6 Å². The van der Waals surface area contributed by atoms with Crippen LogP contribution in [0.3, 0.4) is 0 Å². The minimum atomic E-state index is 0.538. The maximum absolute atomic E-state index is 10.3. The normalized spacial score (nSPS) is 9.83. The minimum Gasteiger partial charge on any atom is -0.303 e. The molecule has 0 heterocycles. The van der Waals surface area contributed by atoms with Crippen molar-refractivity contribution in [3.8, 4) is 0 Å². The number of aryl methyl sites for hydroxylation is 2. The topological polar surface area (TPSA) is 17.1 Å². The first-order chi connectivity index (χ1) is 5.77. The van der Waals surface area contributed by atoms with Crippen molar-refractivity contribution in [3.05, 3.63) is 34.9 Å². The quantitative estimate of drug-likeness (QED) is 0.623. The maximum Gasteiger partial charge on any atom is 0.124 e. The SMILES string of the molecule is CCc1ccc(CC=O)c(C)c1. The Morgan fingerprint density at radius 3 is 2.67 bits per heavy atom. The highest BCUT2D eigenvalue weighted by atomic mass is 16.1. The first-order valence-electron chi connectivity index (χ1n) is 4.30. The van der Waals surface area contributed by atoms with Crippen LogP contribution in [0, 0.1) is 6.92 Å². The predicted octanol–water partition coefficient (Wildman–Crippen LogP) is 2.30. The number of hydrogen-bond acceptors (Lipinski definition) is 1. The van der Waals surface area contributed by atoms with E-state index in [0.717, 1.165) is 18.3 Å². The molecule has 0 aromatic heterocycles. The molecule has 0 unspecified atom stereocenters. The zero-order chi connectivity index (χ0) is 8.97. The van der Waals surface area contributed by atoms with E-state index in [-0.39, 0.29) is 0 Å². The standard InChI is InChI=1S/C11H14O/c1-3-10-4-5-11(6-7-12)9(2)8-10/h4-5,7-8H,3,6H2,1-2H3. The average Bonchev–Trinajstić information content (AvgIpc) is 2.09. The molecule has 0 bridgehead atoms. The van der Waals surface area contributed by atoms with Crippen LogP contribution in [0.4, 0.5) is 0 Å². The molecular formula is C11H14O. The van der Waals surface area contributed by atoms with Crippen LogP contribution in [0.2, 0.25) is 0 Å². The third-order valence-electron chi connectivity index (χ3n) is 2.12. The Bertz CT molecular complexity index is 276. The summed E-state index contributed by atoms with van der Waals surface area (Å²) in [6, 6.07) is 6.28. The smallest absolute Gasteiger partial charge is 0.124 e. The molecule has 0 fully saturated rings. The summed E-state index contributed by atoms with van der Waals surface area (Å²) in [7, 11) is 0. The van der Waals surface area contributed by atoms with Crippen LogP contribution in [0.1, 0.15) is 23.6 Å². The predicted molar refractivity (Wildman–Crippen MR) is 50.3 cm³/mol. The number of carbonyl (C=O) groups excluding carboxylic acids is 1. The van der Waals surface area contributed by atoms with E-state index in [1.807, 2.05) is 6.07 Å². The van der Waals surface area contributed by atoms with Crippen LogP contribution in [0.15, 0.2) is 18.2 Å². The average molecular weight is 162 g/mol. The highest BCUT2D eigenvalue weighted by Crippen LogP contribution is 2.11. The van der Waals surface area contributed by atoms with Crippen LogP contribution in [0.5, 0.6) is 0 Å². The Balaban J connectivity index is 2.94. The van der Waals surface area contributed by atoms with E-state index in [0.29, 0.717) is 6.42 Å². The van der Waals surface area contributed by atoms with Crippen molar-refractivity contribution in [1.29, 1.82) is 0 Å². The molecular weight excluding hydrogens is 148 g/mol. The molecule has 1 aromatic carbocycles. The second-order valence-corrected chi connectivity index (χ2v) is 2.99. The van der Waals surface area contributed by atoms with Crippen molar-refractivity contribution < 1.29 is 4.79 Å². The first-order valence-corrected chi connectivity index (χ1v) is 4.30. The Morgan fingerprint density at radius 1 is 1.42 bits per heavy atom. The van der Waals surface area contributed by atoms with Gasteiger partial charge in [0, 0.05) is 6.42 Å². The highest BCUT2D eigenvalue weighted by Gasteiger charge is 1.97. The van der Waals surface area contributed by atoms with Gasteiger partial charge in [0.1, 0.15) is 6.29 Å². The van der Waals surface area contributed by atoms with Crippen molar-refractivity contribution in [2.45, 2.75) is 26.7 Å². The van der Waals surface area contributed by atoms with E-state index in [9.17, 15) is 4.79 Å². The molecule has 1 aromatic rings. The van der Waals surface area contributed by atoms with Gasteiger partial charge in [0.05, 0.1) is 0 Å². The third-order valence-corrected chi connectivity index (χ3v) is 2.12. The molecule has 0 aliphatic carbocycles. The minimum absolute atomic E-state index is 0.538. The van der Waals surface area contributed by atoms with Gasteiger partial charge in [0.2, 0.25) is 0 Å². The van der Waals surface area contributed by atoms with Crippen molar-refractivity contribution in [2.24, 2.45) is 0 Å². The van der Waals surface area contributed by atoms with E-state index in [4.69, 9.17) is 0 Å². The van der Waals surface area contributed by atoms with Gasteiger partial charge in [-0.25, -0.2) is 0 Å². The van der Waals surface area contributed by atoms with E-state index >= 15 is 0 Å². The maximum atomic E-state index is 10.3. The van der Waals surface area contributed by atoms with Gasteiger partial charge in [-0.3, -0.25) is 0 Å². The van der Waals surface area contributed by atoms with Gasteiger partial charge in [-0.1, -0.05) is 25.1 Å². The second-order valence-electron chi connectivity index (χ2n) is 2.99. The first kappa shape index (κ1) is 8.98. The fraction of sp³-hybridized carbons (Fsp3) is 0.364. The van der Waals surface area contributed by atoms with E-state index in [2.05, 4.69) is 26.0 Å². The van der Waals surface area contributed by atoms with E-state index in [1.165, 1.54) is 11.1 Å². The highest BCUT2D eigenvalue weighted by molar-refractivity contribution is 5.56. The Labute approximate surface area is 73.4 Å². The van der Waals surface area contributed by atoms with E-state index < -0.39 is 0 Å². The summed E-state index contributed by atoms with van der Waals surface area (Å²) in [6.07, 6.45) is 2.55. The lowest BCUT2D eigenvalue weighted by molar-refractivity contribution is -0.107. The zero-order valence-electron chi connectivity index (χ0n) is 7.63. The summed E-state index contributed by atoms with van der Waals surface area (Å²) in [5.41, 5.74) is 3.70. The van der Waals surface area contributed by atoms with Gasteiger partial charge in [-0.05, 0) is 30.0 Å². The van der Waals surface area contributed by atoms with Crippen molar-refractivity contribution in [3.63, 3.8) is 0 Å². The van der Waals surface area contributed by atoms with Gasteiger partial charge in [-0.15, -0.1) is 0 Å². The summed E-state index contributed by atoms with van der Waals surface area (Å²) in [4.78, 5) is 10.3. The molecule has 1 rings (SSSR count). The largest absolute Gasteiger partial charge is 0.303 e. The summed E-state index contributed by atoms with van der Waals surface area (Å²) in [6.45, 7) is 4.19. The number of rotatable bonds is 3. The van der Waals surface area contributed by atoms with Crippen LogP contribution in [0.25, 0.3) is 0 Å². The van der Waals surface area contributed by atoms with Crippen molar-refractivity contribution >= 4 is 6.29 Å². The Kier molecular flexibility index (Phi) is 3.03. The molecule has 0 saturated heterocycles.